The molecule has 0 radical (unpaired) electrons. The molecular formula is C24H25ClN2O3. The summed E-state index contributed by atoms with van der Waals surface area (Å²) in [5, 5.41) is 11.8. The molecule has 0 aliphatic carbocycles. The van der Waals surface area contributed by atoms with Crippen LogP contribution in [0, 0.1) is 0 Å². The average molecular weight is 425 g/mol. The van der Waals surface area contributed by atoms with E-state index in [2.05, 4.69) is 0 Å². The lowest BCUT2D eigenvalue weighted by Crippen LogP contribution is -1.84. The largest absolute Gasteiger partial charge is 0.507 e. The second kappa shape index (κ2) is 11.4. The van der Waals surface area contributed by atoms with Crippen molar-refractivity contribution in [1.82, 2.24) is 0 Å². The summed E-state index contributed by atoms with van der Waals surface area (Å²) in [5.74, 6) is 1.95. The number of ether oxygens (including phenoxy) is 2. The van der Waals surface area contributed by atoms with E-state index in [1.165, 1.54) is 0 Å². The molecule has 5 N–H and O–H groups in total. The highest BCUT2D eigenvalue weighted by Crippen LogP contribution is 2.29. The number of benzene rings is 4. The molecule has 0 unspecified atom stereocenters. The van der Waals surface area contributed by atoms with Crippen molar-refractivity contribution in [3.63, 3.8) is 0 Å². The fourth-order valence-corrected chi connectivity index (χ4v) is 2.68. The van der Waals surface area contributed by atoms with E-state index in [0.29, 0.717) is 5.02 Å². The Morgan fingerprint density at radius 3 is 1.47 bits per heavy atom. The van der Waals surface area contributed by atoms with E-state index in [1.807, 2.05) is 48.5 Å². The fourth-order valence-electron chi connectivity index (χ4n) is 2.45. The van der Waals surface area contributed by atoms with Gasteiger partial charge >= 0.3 is 0 Å². The van der Waals surface area contributed by atoms with Crippen molar-refractivity contribution in [2.75, 3.05) is 25.7 Å². The van der Waals surface area contributed by atoms with Gasteiger partial charge in [-0.05, 0) is 60.7 Å². The molecule has 5 nitrogen and oxygen atoms in total. The number of aromatic hydroxyl groups is 1. The van der Waals surface area contributed by atoms with Gasteiger partial charge < -0.3 is 26.0 Å². The molecule has 0 bridgehead atoms. The molecule has 0 saturated carbocycles. The van der Waals surface area contributed by atoms with Crippen molar-refractivity contribution in [3.8, 4) is 17.2 Å². The zero-order valence-corrected chi connectivity index (χ0v) is 17.6. The van der Waals surface area contributed by atoms with Crippen molar-refractivity contribution >= 4 is 33.7 Å². The SMILES string of the molecule is COc1ccc(N)cc1.COc1ccc(N)cc1.Oc1ccc(Cl)c2ccccc12. The van der Waals surface area contributed by atoms with Crippen LogP contribution < -0.4 is 20.9 Å². The average Bonchev–Trinajstić information content (AvgIpc) is 2.78. The third-order valence-electron chi connectivity index (χ3n) is 4.08. The van der Waals surface area contributed by atoms with Crippen LogP contribution in [0.15, 0.2) is 84.9 Å². The maximum Gasteiger partial charge on any atom is 0.123 e. The Balaban J connectivity index is 0.000000163. The Kier molecular flexibility index (Phi) is 8.66. The van der Waals surface area contributed by atoms with Crippen molar-refractivity contribution in [2.24, 2.45) is 0 Å². The van der Waals surface area contributed by atoms with Crippen molar-refractivity contribution in [1.29, 1.82) is 0 Å². The highest BCUT2D eigenvalue weighted by molar-refractivity contribution is 6.35. The summed E-state index contributed by atoms with van der Waals surface area (Å²) in [4.78, 5) is 0. The third-order valence-corrected chi connectivity index (χ3v) is 4.41. The van der Waals surface area contributed by atoms with Gasteiger partial charge in [0.15, 0.2) is 0 Å². The number of rotatable bonds is 2. The topological polar surface area (TPSA) is 90.7 Å². The monoisotopic (exact) mass is 424 g/mol. The van der Waals surface area contributed by atoms with Crippen LogP contribution in [0.3, 0.4) is 0 Å². The predicted molar refractivity (Wildman–Crippen MR) is 125 cm³/mol. The second-order valence-corrected chi connectivity index (χ2v) is 6.57. The van der Waals surface area contributed by atoms with E-state index in [-0.39, 0.29) is 5.75 Å². The first kappa shape index (κ1) is 22.7. The van der Waals surface area contributed by atoms with Crippen molar-refractivity contribution in [2.45, 2.75) is 0 Å². The minimum absolute atomic E-state index is 0.273. The molecule has 4 aromatic rings. The Hall–Kier alpha value is -3.57. The van der Waals surface area contributed by atoms with Crippen LogP contribution >= 0.6 is 11.6 Å². The highest BCUT2D eigenvalue weighted by atomic mass is 35.5. The lowest BCUT2D eigenvalue weighted by Gasteiger charge is -2.01. The summed E-state index contributed by atoms with van der Waals surface area (Å²) >= 11 is 5.92. The molecule has 0 spiro atoms. The minimum atomic E-state index is 0.273. The molecule has 156 valence electrons. The van der Waals surface area contributed by atoms with E-state index in [4.69, 9.17) is 32.5 Å². The van der Waals surface area contributed by atoms with Gasteiger partial charge in [-0.1, -0.05) is 35.9 Å². The number of methoxy groups -OCH3 is 2. The molecule has 0 amide bonds. The minimum Gasteiger partial charge on any atom is -0.507 e. The molecular weight excluding hydrogens is 400 g/mol. The Morgan fingerprint density at radius 2 is 1.07 bits per heavy atom. The first-order valence-electron chi connectivity index (χ1n) is 9.10. The van der Waals surface area contributed by atoms with E-state index in [1.54, 1.807) is 50.6 Å². The van der Waals surface area contributed by atoms with Crippen LogP contribution in [0.25, 0.3) is 10.8 Å². The van der Waals surface area contributed by atoms with Gasteiger partial charge in [-0.25, -0.2) is 0 Å². The normalized spacial score (nSPS) is 9.57. The predicted octanol–water partition coefficient (Wildman–Crippen LogP) is 5.75. The third kappa shape index (κ3) is 6.79. The van der Waals surface area contributed by atoms with Crippen LogP contribution in [0.2, 0.25) is 5.02 Å². The maximum absolute atomic E-state index is 9.44. The van der Waals surface area contributed by atoms with Crippen molar-refractivity contribution < 1.29 is 14.6 Å². The van der Waals surface area contributed by atoms with Crippen molar-refractivity contribution in [3.05, 3.63) is 90.0 Å². The summed E-state index contributed by atoms with van der Waals surface area (Å²) in [5.41, 5.74) is 12.4. The van der Waals surface area contributed by atoms with Gasteiger partial charge in [0.1, 0.15) is 17.2 Å². The smallest absolute Gasteiger partial charge is 0.123 e. The summed E-state index contributed by atoms with van der Waals surface area (Å²) in [6.45, 7) is 0. The van der Waals surface area contributed by atoms with Gasteiger partial charge in [-0.15, -0.1) is 0 Å². The van der Waals surface area contributed by atoms with Gasteiger partial charge in [0.2, 0.25) is 0 Å². The van der Waals surface area contributed by atoms with E-state index in [9.17, 15) is 5.11 Å². The molecule has 4 rings (SSSR count). The fraction of sp³-hybridized carbons (Fsp3) is 0.0833. The molecule has 0 saturated heterocycles. The molecule has 0 aromatic heterocycles. The number of hydrogen-bond acceptors (Lipinski definition) is 5. The van der Waals surface area contributed by atoms with Crippen LogP contribution in [-0.2, 0) is 0 Å². The van der Waals surface area contributed by atoms with E-state index in [0.717, 1.165) is 33.6 Å². The van der Waals surface area contributed by atoms with Crippen LogP contribution in [0.4, 0.5) is 11.4 Å². The summed E-state index contributed by atoms with van der Waals surface area (Å²) < 4.78 is 9.83. The number of phenolic OH excluding ortho intramolecular Hbond substituents is 1. The number of hydrogen-bond donors (Lipinski definition) is 3. The molecule has 30 heavy (non-hydrogen) atoms. The van der Waals surface area contributed by atoms with E-state index < -0.39 is 0 Å². The maximum atomic E-state index is 9.44. The summed E-state index contributed by atoms with van der Waals surface area (Å²) in [7, 11) is 3.26. The van der Waals surface area contributed by atoms with Crippen LogP contribution in [-0.4, -0.2) is 19.3 Å². The summed E-state index contributed by atoms with van der Waals surface area (Å²) in [6.07, 6.45) is 0. The van der Waals surface area contributed by atoms with Gasteiger partial charge in [0.05, 0.1) is 14.2 Å². The molecule has 0 heterocycles. The Labute approximate surface area is 181 Å². The molecule has 0 aliphatic heterocycles. The van der Waals surface area contributed by atoms with Gasteiger partial charge in [0, 0.05) is 27.2 Å². The highest BCUT2D eigenvalue weighted by Gasteiger charge is 2.01. The van der Waals surface area contributed by atoms with Crippen LogP contribution in [0.5, 0.6) is 17.2 Å². The number of nitrogens with two attached hydrogens (primary N) is 2. The van der Waals surface area contributed by atoms with E-state index >= 15 is 0 Å². The lowest BCUT2D eigenvalue weighted by molar-refractivity contribution is 0.415. The first-order chi connectivity index (χ1) is 14.4. The molecule has 0 atom stereocenters. The number of nitrogen functional groups attached to an aromatic ring is 2. The standard InChI is InChI=1S/C10H7ClO.2C7H9NO/c11-9-5-6-10(12)8-4-2-1-3-7(8)9;2*1-9-7-4-2-6(8)3-5-7/h1-6,12H;2*2-5H,8H2,1H3. The van der Waals surface area contributed by atoms with Gasteiger partial charge in [-0.2, -0.15) is 0 Å². The Morgan fingerprint density at radius 1 is 0.633 bits per heavy atom. The molecule has 4 aromatic carbocycles. The molecule has 6 heteroatoms. The molecule has 0 fully saturated rings. The Bertz CT molecular complexity index is 966. The zero-order valence-electron chi connectivity index (χ0n) is 16.9. The van der Waals surface area contributed by atoms with Gasteiger partial charge in [-0.3, -0.25) is 0 Å². The summed E-state index contributed by atoms with van der Waals surface area (Å²) in [6, 6.07) is 25.3. The number of halogens is 1. The number of phenols is 1. The first-order valence-corrected chi connectivity index (χ1v) is 9.47. The lowest BCUT2D eigenvalue weighted by atomic mass is 10.1. The molecule has 0 aliphatic rings. The second-order valence-electron chi connectivity index (χ2n) is 6.16. The number of fused-ring (bicyclic) bond motifs is 1. The zero-order chi connectivity index (χ0) is 21.9. The number of anilines is 2. The quantitative estimate of drug-likeness (QED) is 0.356. The van der Waals surface area contributed by atoms with Crippen LogP contribution in [0.1, 0.15) is 0 Å². The van der Waals surface area contributed by atoms with Gasteiger partial charge in [0.25, 0.3) is 0 Å².